The van der Waals surface area contributed by atoms with E-state index in [1.54, 1.807) is 27.7 Å². The second-order valence-corrected chi connectivity index (χ2v) is 4.85. The molecular formula is C14H30O6. The van der Waals surface area contributed by atoms with Crippen LogP contribution in [0.15, 0.2) is 0 Å². The molecule has 0 fully saturated rings. The summed E-state index contributed by atoms with van der Waals surface area (Å²) in [6.45, 7) is 7.13. The fourth-order valence-corrected chi connectivity index (χ4v) is 0.577. The minimum Gasteiger partial charge on any atom is -0.481 e. The number of unbranched alkanes of at least 4 members (excludes halogenated alkanes) is 3. The van der Waals surface area contributed by atoms with E-state index in [9.17, 15) is 9.59 Å². The van der Waals surface area contributed by atoms with Crippen LogP contribution < -0.4 is 0 Å². The van der Waals surface area contributed by atoms with Gasteiger partial charge in [-0.3, -0.25) is 9.59 Å². The summed E-state index contributed by atoms with van der Waals surface area (Å²) in [5, 5.41) is 32.6. The van der Waals surface area contributed by atoms with E-state index in [1.165, 1.54) is 0 Å². The first-order valence-electron chi connectivity index (χ1n) is 6.87. The van der Waals surface area contributed by atoms with Crippen molar-refractivity contribution in [1.82, 2.24) is 0 Å². The first-order chi connectivity index (χ1) is 9.20. The maximum absolute atomic E-state index is 9.70. The molecule has 0 rings (SSSR count). The third kappa shape index (κ3) is 30.2. The van der Waals surface area contributed by atoms with Gasteiger partial charge in [0.15, 0.2) is 0 Å². The average molecular weight is 294 g/mol. The summed E-state index contributed by atoms with van der Waals surface area (Å²) in [6.07, 6.45) is 3.83. The lowest BCUT2D eigenvalue weighted by Crippen LogP contribution is -2.03. The molecule has 0 unspecified atom stereocenters. The number of aliphatic hydroxyl groups excluding tert-OH is 2. The van der Waals surface area contributed by atoms with Crippen molar-refractivity contribution in [2.75, 3.05) is 13.2 Å². The molecule has 0 aromatic heterocycles. The van der Waals surface area contributed by atoms with Crippen molar-refractivity contribution in [2.45, 2.75) is 53.4 Å². The summed E-state index contributed by atoms with van der Waals surface area (Å²) in [7, 11) is 0. The second kappa shape index (κ2) is 17.9. The molecule has 4 N–H and O–H groups in total. The second-order valence-electron chi connectivity index (χ2n) is 4.85. The SMILES string of the molecule is CC(C)C(=O)O.CC(C)C(=O)O.OCCCCCCO. The van der Waals surface area contributed by atoms with Crippen molar-refractivity contribution >= 4 is 11.9 Å². The monoisotopic (exact) mass is 294 g/mol. The molecule has 0 radical (unpaired) electrons. The Hall–Kier alpha value is -1.14. The number of aliphatic carboxylic acids is 2. The van der Waals surface area contributed by atoms with Crippen LogP contribution in [0, 0.1) is 11.8 Å². The number of carboxylic acid groups (broad SMARTS) is 2. The largest absolute Gasteiger partial charge is 0.481 e. The van der Waals surface area contributed by atoms with Crippen molar-refractivity contribution in [1.29, 1.82) is 0 Å². The number of rotatable bonds is 7. The van der Waals surface area contributed by atoms with Crippen molar-refractivity contribution < 1.29 is 30.0 Å². The van der Waals surface area contributed by atoms with Crippen LogP contribution in [0.5, 0.6) is 0 Å². The van der Waals surface area contributed by atoms with Gasteiger partial charge in [-0.25, -0.2) is 0 Å². The van der Waals surface area contributed by atoms with Gasteiger partial charge in [0.25, 0.3) is 0 Å². The molecule has 0 saturated heterocycles. The summed E-state index contributed by atoms with van der Waals surface area (Å²) in [5.41, 5.74) is 0. The van der Waals surface area contributed by atoms with Gasteiger partial charge in [0.05, 0.1) is 11.8 Å². The molecule has 0 aromatic rings. The van der Waals surface area contributed by atoms with Crippen LogP contribution in [0.25, 0.3) is 0 Å². The first kappa shape index (κ1) is 23.9. The smallest absolute Gasteiger partial charge is 0.305 e. The Morgan fingerprint density at radius 2 is 0.900 bits per heavy atom. The zero-order valence-corrected chi connectivity index (χ0v) is 13.0. The predicted octanol–water partition coefficient (Wildman–Crippen LogP) is 1.99. The highest BCUT2D eigenvalue weighted by Gasteiger charge is 1.99. The lowest BCUT2D eigenvalue weighted by molar-refractivity contribution is -0.141. The lowest BCUT2D eigenvalue weighted by atomic mass is 10.2. The number of hydrogen-bond donors (Lipinski definition) is 4. The maximum atomic E-state index is 9.70. The standard InChI is InChI=1S/C6H14O2.2C4H8O2/c7-5-3-1-2-4-6-8;2*1-3(2)4(5)6/h7-8H,1-6H2;2*3H,1-2H3,(H,5,6). The van der Waals surface area contributed by atoms with Crippen molar-refractivity contribution in [3.8, 4) is 0 Å². The van der Waals surface area contributed by atoms with Crippen LogP contribution in [0.2, 0.25) is 0 Å². The van der Waals surface area contributed by atoms with Gasteiger partial charge in [-0.05, 0) is 12.8 Å². The van der Waals surface area contributed by atoms with E-state index >= 15 is 0 Å². The number of carboxylic acids is 2. The summed E-state index contributed by atoms with van der Waals surface area (Å²) >= 11 is 0. The van der Waals surface area contributed by atoms with Crippen LogP contribution in [0.1, 0.15) is 53.4 Å². The quantitative estimate of drug-likeness (QED) is 0.534. The summed E-state index contributed by atoms with van der Waals surface area (Å²) < 4.78 is 0. The molecule has 6 nitrogen and oxygen atoms in total. The van der Waals surface area contributed by atoms with Crippen molar-refractivity contribution in [3.05, 3.63) is 0 Å². The fraction of sp³-hybridized carbons (Fsp3) is 0.857. The third-order valence-corrected chi connectivity index (χ3v) is 2.05. The summed E-state index contributed by atoms with van der Waals surface area (Å²) in [4.78, 5) is 19.4. The maximum Gasteiger partial charge on any atom is 0.305 e. The van der Waals surface area contributed by atoms with Gasteiger partial charge in [0.2, 0.25) is 0 Å². The molecule has 0 aliphatic heterocycles. The Bertz CT molecular complexity index is 202. The van der Waals surface area contributed by atoms with Crippen molar-refractivity contribution in [2.24, 2.45) is 11.8 Å². The molecule has 0 aliphatic carbocycles. The van der Waals surface area contributed by atoms with Gasteiger partial charge < -0.3 is 20.4 Å². The average Bonchev–Trinajstić information content (AvgIpc) is 2.36. The van der Waals surface area contributed by atoms with Gasteiger partial charge in [0.1, 0.15) is 0 Å². The van der Waals surface area contributed by atoms with E-state index in [1.807, 2.05) is 0 Å². The predicted molar refractivity (Wildman–Crippen MR) is 77.6 cm³/mol. The van der Waals surface area contributed by atoms with Gasteiger partial charge in [-0.1, -0.05) is 40.5 Å². The number of carbonyl (C=O) groups is 2. The molecule has 0 aromatic carbocycles. The van der Waals surface area contributed by atoms with Crippen LogP contribution in [0.4, 0.5) is 0 Å². The molecule has 6 heteroatoms. The summed E-state index contributed by atoms with van der Waals surface area (Å²) in [6, 6.07) is 0. The van der Waals surface area contributed by atoms with E-state index in [4.69, 9.17) is 20.4 Å². The van der Waals surface area contributed by atoms with E-state index in [0.717, 1.165) is 25.7 Å². The third-order valence-electron chi connectivity index (χ3n) is 2.05. The van der Waals surface area contributed by atoms with Gasteiger partial charge in [-0.2, -0.15) is 0 Å². The molecule has 0 amide bonds. The number of aliphatic hydroxyl groups is 2. The first-order valence-corrected chi connectivity index (χ1v) is 6.87. The highest BCUT2D eigenvalue weighted by molar-refractivity contribution is 5.69. The molecule has 0 bridgehead atoms. The van der Waals surface area contributed by atoms with E-state index in [0.29, 0.717) is 0 Å². The fourth-order valence-electron chi connectivity index (χ4n) is 0.577. The molecule has 20 heavy (non-hydrogen) atoms. The minimum absolute atomic E-state index is 0.231. The van der Waals surface area contributed by atoms with Gasteiger partial charge in [0, 0.05) is 13.2 Å². The zero-order valence-electron chi connectivity index (χ0n) is 13.0. The van der Waals surface area contributed by atoms with E-state index in [2.05, 4.69) is 0 Å². The van der Waals surface area contributed by atoms with Crippen LogP contribution in [-0.4, -0.2) is 45.6 Å². The molecule has 0 aliphatic rings. The Labute approximate surface area is 121 Å². The minimum atomic E-state index is -0.741. The van der Waals surface area contributed by atoms with Crippen LogP contribution in [0.3, 0.4) is 0 Å². The Kier molecular flexibility index (Phi) is 21.4. The molecular weight excluding hydrogens is 264 g/mol. The normalized spacial score (nSPS) is 9.40. The molecule has 0 saturated carbocycles. The highest BCUT2D eigenvalue weighted by Crippen LogP contribution is 1.96. The van der Waals surface area contributed by atoms with Gasteiger partial charge >= 0.3 is 11.9 Å². The topological polar surface area (TPSA) is 115 Å². The molecule has 122 valence electrons. The summed E-state index contributed by atoms with van der Waals surface area (Å²) in [5.74, 6) is -1.94. The van der Waals surface area contributed by atoms with Crippen molar-refractivity contribution in [3.63, 3.8) is 0 Å². The van der Waals surface area contributed by atoms with Gasteiger partial charge in [-0.15, -0.1) is 0 Å². The Morgan fingerprint density at radius 3 is 1.00 bits per heavy atom. The lowest BCUT2D eigenvalue weighted by Gasteiger charge is -1.93. The van der Waals surface area contributed by atoms with E-state index in [-0.39, 0.29) is 25.0 Å². The van der Waals surface area contributed by atoms with Crippen LogP contribution >= 0.6 is 0 Å². The number of hydrogen-bond acceptors (Lipinski definition) is 4. The van der Waals surface area contributed by atoms with E-state index < -0.39 is 11.9 Å². The Balaban J connectivity index is -0.000000221. The molecule has 0 atom stereocenters. The highest BCUT2D eigenvalue weighted by atomic mass is 16.4. The van der Waals surface area contributed by atoms with Crippen LogP contribution in [-0.2, 0) is 9.59 Å². The Morgan fingerprint density at radius 1 is 0.700 bits per heavy atom. The molecule has 0 heterocycles. The zero-order chi connectivity index (χ0) is 16.6. The molecule has 0 spiro atoms.